The summed E-state index contributed by atoms with van der Waals surface area (Å²) in [4.78, 5) is 11.4. The van der Waals surface area contributed by atoms with Crippen LogP contribution in [0.5, 0.6) is 0 Å². The van der Waals surface area contributed by atoms with Crippen LogP contribution in [0.25, 0.3) is 0 Å². The lowest BCUT2D eigenvalue weighted by molar-refractivity contribution is -0.132. The van der Waals surface area contributed by atoms with Crippen molar-refractivity contribution in [3.63, 3.8) is 0 Å². The molecule has 0 unspecified atom stereocenters. The van der Waals surface area contributed by atoms with E-state index in [0.717, 1.165) is 18.3 Å². The van der Waals surface area contributed by atoms with Gasteiger partial charge in [-0.3, -0.25) is 10.0 Å². The Hall–Kier alpha value is -1.95. The fourth-order valence-corrected chi connectivity index (χ4v) is 3.17. The summed E-state index contributed by atoms with van der Waals surface area (Å²) >= 11 is 0. The number of hydrazine groups is 1. The van der Waals surface area contributed by atoms with Crippen LogP contribution in [0.3, 0.4) is 0 Å². The van der Waals surface area contributed by atoms with Gasteiger partial charge in [0.25, 0.3) is 0 Å². The number of rotatable bonds is 5. The quantitative estimate of drug-likeness (QED) is 0.817. The van der Waals surface area contributed by atoms with E-state index in [0.29, 0.717) is 12.4 Å². The van der Waals surface area contributed by atoms with E-state index in [1.165, 1.54) is 0 Å². The number of hydrogen-bond donors (Lipinski definition) is 2. The van der Waals surface area contributed by atoms with Crippen molar-refractivity contribution in [2.45, 2.75) is 25.7 Å². The van der Waals surface area contributed by atoms with Crippen LogP contribution in [0, 0.1) is 0 Å². The fraction of sp³-hybridized carbons (Fsp3) is 0.400. The molecule has 0 aliphatic carbocycles. The highest BCUT2D eigenvalue weighted by atomic mass is 28.3. The third-order valence-corrected chi connectivity index (χ3v) is 5.30. The Kier molecular flexibility index (Phi) is 4.27. The van der Waals surface area contributed by atoms with Crippen molar-refractivity contribution >= 4 is 19.7 Å². The molecule has 0 aromatic heterocycles. The van der Waals surface area contributed by atoms with E-state index in [1.54, 1.807) is 0 Å². The van der Waals surface area contributed by atoms with E-state index in [1.807, 2.05) is 40.3 Å². The fourth-order valence-electron chi connectivity index (χ4n) is 2.29. The van der Waals surface area contributed by atoms with Crippen LogP contribution in [0.2, 0.25) is 25.7 Å². The molecule has 6 heteroatoms. The minimum Gasteiger partial charge on any atom is -0.478 e. The van der Waals surface area contributed by atoms with E-state index in [-0.39, 0.29) is 5.57 Å². The first-order chi connectivity index (χ1) is 9.79. The molecule has 1 aliphatic heterocycles. The molecule has 0 bridgehead atoms. The number of nitrogens with zero attached hydrogens (tertiary/aromatic N) is 2. The maximum absolute atomic E-state index is 11.4. The van der Waals surface area contributed by atoms with E-state index in [2.05, 4.69) is 19.6 Å². The number of anilines is 1. The van der Waals surface area contributed by atoms with Gasteiger partial charge < -0.3 is 10.8 Å². The molecule has 21 heavy (non-hydrogen) atoms. The standard InChI is InChI=1S/C15H23N3O2Si/c1-21(2,3)10-9-17-14(16)13(15(19)20)11-18(17)12-7-5-4-6-8-12/h4-8H,9-11,16H2,1-3H3,(H,19,20). The van der Waals surface area contributed by atoms with Gasteiger partial charge in [0.05, 0.1) is 17.8 Å². The average molecular weight is 305 g/mol. The molecule has 0 spiro atoms. The topological polar surface area (TPSA) is 69.8 Å². The third-order valence-electron chi connectivity index (χ3n) is 3.57. The number of para-hydroxylation sites is 1. The highest BCUT2D eigenvalue weighted by Gasteiger charge is 2.32. The summed E-state index contributed by atoms with van der Waals surface area (Å²) in [6.07, 6.45) is 0. The third kappa shape index (κ3) is 3.58. The van der Waals surface area contributed by atoms with Crippen molar-refractivity contribution in [3.05, 3.63) is 41.7 Å². The second kappa shape index (κ2) is 5.81. The zero-order valence-corrected chi connectivity index (χ0v) is 13.8. The number of carboxylic acids is 1. The van der Waals surface area contributed by atoms with Crippen LogP contribution in [0.1, 0.15) is 0 Å². The molecular weight excluding hydrogens is 282 g/mol. The molecule has 2 rings (SSSR count). The molecule has 3 N–H and O–H groups in total. The van der Waals surface area contributed by atoms with Crippen LogP contribution in [0.15, 0.2) is 41.7 Å². The lowest BCUT2D eigenvalue weighted by atomic mass is 10.2. The van der Waals surface area contributed by atoms with E-state index in [9.17, 15) is 9.90 Å². The Morgan fingerprint density at radius 1 is 1.29 bits per heavy atom. The van der Waals surface area contributed by atoms with Crippen molar-refractivity contribution in [1.82, 2.24) is 5.01 Å². The van der Waals surface area contributed by atoms with Gasteiger partial charge in [-0.1, -0.05) is 37.8 Å². The van der Waals surface area contributed by atoms with Crippen LogP contribution >= 0.6 is 0 Å². The lowest BCUT2D eigenvalue weighted by Gasteiger charge is -2.34. The van der Waals surface area contributed by atoms with Crippen LogP contribution in [-0.2, 0) is 4.79 Å². The molecule has 1 aromatic carbocycles. The molecule has 114 valence electrons. The predicted octanol–water partition coefficient (Wildman–Crippen LogP) is 2.32. The van der Waals surface area contributed by atoms with E-state index in [4.69, 9.17) is 5.73 Å². The zero-order valence-electron chi connectivity index (χ0n) is 12.8. The lowest BCUT2D eigenvalue weighted by Crippen LogP contribution is -2.42. The van der Waals surface area contributed by atoms with Gasteiger partial charge in [-0.2, -0.15) is 0 Å². The number of nitrogens with two attached hydrogens (primary N) is 1. The van der Waals surface area contributed by atoms with Gasteiger partial charge in [0, 0.05) is 14.6 Å². The molecule has 0 saturated carbocycles. The minimum absolute atomic E-state index is 0.273. The summed E-state index contributed by atoms with van der Waals surface area (Å²) in [7, 11) is -1.23. The van der Waals surface area contributed by atoms with Crippen LogP contribution in [0.4, 0.5) is 5.69 Å². The van der Waals surface area contributed by atoms with Crippen molar-refractivity contribution in [2.24, 2.45) is 5.73 Å². The molecule has 0 fully saturated rings. The maximum atomic E-state index is 11.4. The van der Waals surface area contributed by atoms with Crippen LogP contribution in [-0.4, -0.2) is 37.2 Å². The van der Waals surface area contributed by atoms with Gasteiger partial charge in [0.2, 0.25) is 0 Å². The van der Waals surface area contributed by atoms with E-state index < -0.39 is 14.0 Å². The molecular formula is C15H23N3O2Si. The molecule has 1 heterocycles. The molecule has 1 aliphatic rings. The number of benzene rings is 1. The summed E-state index contributed by atoms with van der Waals surface area (Å²) in [6, 6.07) is 10.8. The molecule has 0 radical (unpaired) electrons. The Bertz CT molecular complexity index is 552. The number of aliphatic carboxylic acids is 1. The second-order valence-corrected chi connectivity index (χ2v) is 12.1. The molecule has 1 aromatic rings. The molecule has 0 amide bonds. The van der Waals surface area contributed by atoms with Gasteiger partial charge in [-0.25, -0.2) is 4.79 Å². The zero-order chi connectivity index (χ0) is 15.6. The van der Waals surface area contributed by atoms with Crippen molar-refractivity contribution < 1.29 is 9.90 Å². The van der Waals surface area contributed by atoms with Gasteiger partial charge in [0.15, 0.2) is 0 Å². The Labute approximate surface area is 126 Å². The van der Waals surface area contributed by atoms with Crippen molar-refractivity contribution in [1.29, 1.82) is 0 Å². The monoisotopic (exact) mass is 305 g/mol. The summed E-state index contributed by atoms with van der Waals surface area (Å²) in [6.45, 7) is 7.97. The summed E-state index contributed by atoms with van der Waals surface area (Å²) < 4.78 is 0. The first kappa shape index (κ1) is 15.4. The second-order valence-electron chi connectivity index (χ2n) is 6.50. The maximum Gasteiger partial charge on any atom is 0.337 e. The van der Waals surface area contributed by atoms with E-state index >= 15 is 0 Å². The van der Waals surface area contributed by atoms with Crippen LogP contribution < -0.4 is 10.7 Å². The smallest absolute Gasteiger partial charge is 0.337 e. The Morgan fingerprint density at radius 2 is 1.90 bits per heavy atom. The van der Waals surface area contributed by atoms with Crippen molar-refractivity contribution in [2.75, 3.05) is 18.1 Å². The highest BCUT2D eigenvalue weighted by Crippen LogP contribution is 2.27. The predicted molar refractivity (Wildman–Crippen MR) is 87.5 cm³/mol. The van der Waals surface area contributed by atoms with Gasteiger partial charge in [0.1, 0.15) is 5.82 Å². The average Bonchev–Trinajstić information content (AvgIpc) is 2.74. The van der Waals surface area contributed by atoms with Gasteiger partial charge in [-0.05, 0) is 18.2 Å². The molecule has 0 saturated heterocycles. The van der Waals surface area contributed by atoms with Gasteiger partial charge in [-0.15, -0.1) is 0 Å². The highest BCUT2D eigenvalue weighted by molar-refractivity contribution is 6.76. The first-order valence-corrected chi connectivity index (χ1v) is 10.8. The minimum atomic E-state index is -1.23. The normalized spacial score (nSPS) is 15.8. The number of carboxylic acid groups (broad SMARTS) is 1. The summed E-state index contributed by atoms with van der Waals surface area (Å²) in [5.74, 6) is -0.575. The van der Waals surface area contributed by atoms with Gasteiger partial charge >= 0.3 is 5.97 Å². The molecule has 0 atom stereocenters. The number of carbonyl (C=O) groups is 1. The first-order valence-electron chi connectivity index (χ1n) is 7.11. The Balaban J connectivity index is 2.26. The number of hydrogen-bond acceptors (Lipinski definition) is 4. The Morgan fingerprint density at radius 3 is 2.43 bits per heavy atom. The van der Waals surface area contributed by atoms with Crippen molar-refractivity contribution in [3.8, 4) is 0 Å². The summed E-state index contributed by atoms with van der Waals surface area (Å²) in [5.41, 5.74) is 7.32. The summed E-state index contributed by atoms with van der Waals surface area (Å²) in [5, 5.41) is 13.2. The SMILES string of the molecule is C[Si](C)(C)CCN1C(N)=C(C(=O)O)CN1c1ccccc1. The molecule has 5 nitrogen and oxygen atoms in total. The largest absolute Gasteiger partial charge is 0.478 e.